The fourth-order valence-electron chi connectivity index (χ4n) is 4.18. The summed E-state index contributed by atoms with van der Waals surface area (Å²) in [5.74, 6) is 0.951. The quantitative estimate of drug-likeness (QED) is 0.682. The zero-order chi connectivity index (χ0) is 20.6. The largest absolute Gasteiger partial charge is 0.492 e. The Hall–Kier alpha value is -1.88. The molecule has 2 aromatic carbocycles. The number of nitrogens with one attached hydrogen (secondary N) is 1. The van der Waals surface area contributed by atoms with Gasteiger partial charge in [-0.25, -0.2) is 0 Å². The number of rotatable bonds is 9. The van der Waals surface area contributed by atoms with Gasteiger partial charge < -0.3 is 14.8 Å². The molecule has 0 aliphatic carbocycles. The molecule has 1 fully saturated rings. The van der Waals surface area contributed by atoms with Crippen LogP contribution < -0.4 is 10.1 Å². The number of likely N-dealkylation sites (N-methyl/N-ethyl adjacent to an activating group) is 1. The zero-order valence-corrected chi connectivity index (χ0v) is 18.5. The number of hydrogen-bond acceptors (Lipinski definition) is 4. The topological polar surface area (TPSA) is 33.7 Å². The van der Waals surface area contributed by atoms with Gasteiger partial charge in [0.2, 0.25) is 0 Å². The van der Waals surface area contributed by atoms with Crippen molar-refractivity contribution in [1.82, 2.24) is 10.2 Å². The van der Waals surface area contributed by atoms with Crippen LogP contribution in [0.2, 0.25) is 0 Å². The molecular formula is C25H36N2O2. The van der Waals surface area contributed by atoms with E-state index in [2.05, 4.69) is 68.4 Å². The minimum absolute atomic E-state index is 0.622. The molecule has 0 radical (unpaired) electrons. The Balaban J connectivity index is 1.44. The highest BCUT2D eigenvalue weighted by Gasteiger charge is 2.17. The van der Waals surface area contributed by atoms with E-state index in [0.29, 0.717) is 12.6 Å². The van der Waals surface area contributed by atoms with Crippen LogP contribution in [0.3, 0.4) is 0 Å². The summed E-state index contributed by atoms with van der Waals surface area (Å²) >= 11 is 0. The Morgan fingerprint density at radius 1 is 1.03 bits per heavy atom. The van der Waals surface area contributed by atoms with E-state index in [9.17, 15) is 0 Å². The van der Waals surface area contributed by atoms with Crippen LogP contribution in [0.5, 0.6) is 5.75 Å². The van der Waals surface area contributed by atoms with E-state index >= 15 is 0 Å². The molecule has 0 spiro atoms. The molecule has 3 rings (SSSR count). The van der Waals surface area contributed by atoms with Gasteiger partial charge in [0.15, 0.2) is 0 Å². The molecule has 0 amide bonds. The van der Waals surface area contributed by atoms with Crippen LogP contribution >= 0.6 is 0 Å². The molecule has 1 heterocycles. The van der Waals surface area contributed by atoms with Crippen LogP contribution in [0.15, 0.2) is 36.4 Å². The predicted octanol–water partition coefficient (Wildman–Crippen LogP) is 4.39. The molecule has 0 atom stereocenters. The smallest absolute Gasteiger partial charge is 0.119 e. The van der Waals surface area contributed by atoms with Gasteiger partial charge >= 0.3 is 0 Å². The maximum Gasteiger partial charge on any atom is 0.119 e. The lowest BCUT2D eigenvalue weighted by Gasteiger charge is -2.31. The van der Waals surface area contributed by atoms with Gasteiger partial charge in [0.05, 0.1) is 0 Å². The van der Waals surface area contributed by atoms with Gasteiger partial charge in [0.1, 0.15) is 12.4 Å². The van der Waals surface area contributed by atoms with Crippen LogP contribution in [-0.4, -0.2) is 44.4 Å². The molecule has 4 heteroatoms. The van der Waals surface area contributed by atoms with E-state index in [-0.39, 0.29) is 0 Å². The van der Waals surface area contributed by atoms with Crippen molar-refractivity contribution in [2.45, 2.75) is 52.7 Å². The minimum atomic E-state index is 0.622. The average Bonchev–Trinajstić information content (AvgIpc) is 2.71. The maximum absolute atomic E-state index is 6.02. The highest BCUT2D eigenvalue weighted by molar-refractivity contribution is 5.37. The summed E-state index contributed by atoms with van der Waals surface area (Å²) in [4.78, 5) is 2.40. The van der Waals surface area contributed by atoms with E-state index in [0.717, 1.165) is 51.4 Å². The fraction of sp³-hybridized carbons (Fsp3) is 0.520. The van der Waals surface area contributed by atoms with Crippen molar-refractivity contribution in [1.29, 1.82) is 0 Å². The van der Waals surface area contributed by atoms with Gasteiger partial charge in [-0.2, -0.15) is 0 Å². The van der Waals surface area contributed by atoms with Crippen molar-refractivity contribution < 1.29 is 9.47 Å². The lowest BCUT2D eigenvalue weighted by atomic mass is 10.00. The van der Waals surface area contributed by atoms with Crippen LogP contribution in [-0.2, 0) is 17.8 Å². The average molecular weight is 397 g/mol. The molecule has 1 saturated heterocycles. The van der Waals surface area contributed by atoms with Gasteiger partial charge in [-0.15, -0.1) is 0 Å². The fourth-order valence-corrected chi connectivity index (χ4v) is 4.18. The second kappa shape index (κ2) is 10.8. The third-order valence-corrected chi connectivity index (χ3v) is 5.90. The number of benzene rings is 2. The van der Waals surface area contributed by atoms with E-state index in [4.69, 9.17) is 9.47 Å². The lowest BCUT2D eigenvalue weighted by molar-refractivity contribution is 0.0392. The first-order valence-corrected chi connectivity index (χ1v) is 10.8. The van der Waals surface area contributed by atoms with Crippen LogP contribution in [0.1, 0.15) is 40.7 Å². The van der Waals surface area contributed by atoms with Gasteiger partial charge in [-0.1, -0.05) is 29.8 Å². The molecule has 4 nitrogen and oxygen atoms in total. The van der Waals surface area contributed by atoms with Crippen molar-refractivity contribution in [3.05, 3.63) is 64.2 Å². The highest BCUT2D eigenvalue weighted by Crippen LogP contribution is 2.18. The molecule has 0 saturated carbocycles. The molecule has 0 aromatic heterocycles. The summed E-state index contributed by atoms with van der Waals surface area (Å²) in [5, 5.41) is 3.59. The monoisotopic (exact) mass is 396 g/mol. The van der Waals surface area contributed by atoms with E-state index in [1.165, 1.54) is 27.8 Å². The van der Waals surface area contributed by atoms with Gasteiger partial charge in [-0.3, -0.25) is 4.90 Å². The first-order chi connectivity index (χ1) is 14.0. The third-order valence-electron chi connectivity index (χ3n) is 5.90. The first kappa shape index (κ1) is 21.8. The predicted molar refractivity (Wildman–Crippen MR) is 120 cm³/mol. The van der Waals surface area contributed by atoms with Gasteiger partial charge in [0, 0.05) is 38.9 Å². The molecule has 158 valence electrons. The number of ether oxygens (including phenoxy) is 2. The second-order valence-corrected chi connectivity index (χ2v) is 8.30. The van der Waals surface area contributed by atoms with Crippen LogP contribution in [0.4, 0.5) is 0 Å². The molecule has 2 aromatic rings. The molecule has 29 heavy (non-hydrogen) atoms. The third kappa shape index (κ3) is 6.56. The number of hydrogen-bond donors (Lipinski definition) is 1. The van der Waals surface area contributed by atoms with Gasteiger partial charge in [0.25, 0.3) is 0 Å². The van der Waals surface area contributed by atoms with E-state index in [1.807, 2.05) is 6.07 Å². The molecule has 1 aliphatic heterocycles. The summed E-state index contributed by atoms with van der Waals surface area (Å²) in [7, 11) is 2.19. The van der Waals surface area contributed by atoms with Crippen LogP contribution in [0, 0.1) is 20.8 Å². The molecule has 1 N–H and O–H groups in total. The standard InChI is InChI=1S/C25H36N2O2/c1-19-14-20(2)25(21(3)15-19)18-26-17-22-6-5-7-24(16-22)29-13-10-27(4)23-8-11-28-12-9-23/h5-7,14-16,23,26H,8-13,17-18H2,1-4H3. The second-order valence-electron chi connectivity index (χ2n) is 8.30. The van der Waals surface area contributed by atoms with Crippen molar-refractivity contribution in [2.75, 3.05) is 33.4 Å². The van der Waals surface area contributed by atoms with Crippen molar-refractivity contribution in [3.63, 3.8) is 0 Å². The summed E-state index contributed by atoms with van der Waals surface area (Å²) in [6, 6.07) is 13.6. The molecule has 1 aliphatic rings. The SMILES string of the molecule is Cc1cc(C)c(CNCc2cccc(OCCN(C)C3CCOCC3)c2)c(C)c1. The van der Waals surface area contributed by atoms with Crippen molar-refractivity contribution in [3.8, 4) is 5.75 Å². The van der Waals surface area contributed by atoms with Gasteiger partial charge in [-0.05, 0) is 75.0 Å². The Kier molecular flexibility index (Phi) is 8.10. The molecule has 0 bridgehead atoms. The summed E-state index contributed by atoms with van der Waals surface area (Å²) in [5.41, 5.74) is 6.71. The number of nitrogens with zero attached hydrogens (tertiary/aromatic N) is 1. The summed E-state index contributed by atoms with van der Waals surface area (Å²) in [6.07, 6.45) is 2.25. The summed E-state index contributed by atoms with van der Waals surface area (Å²) < 4.78 is 11.5. The van der Waals surface area contributed by atoms with E-state index < -0.39 is 0 Å². The normalized spacial score (nSPS) is 15.1. The van der Waals surface area contributed by atoms with Crippen molar-refractivity contribution >= 4 is 0 Å². The Bertz CT molecular complexity index is 761. The molecular weight excluding hydrogens is 360 g/mol. The highest BCUT2D eigenvalue weighted by atomic mass is 16.5. The Labute approximate surface area is 176 Å². The molecule has 0 unspecified atom stereocenters. The lowest BCUT2D eigenvalue weighted by Crippen LogP contribution is -2.38. The Morgan fingerprint density at radius 3 is 2.48 bits per heavy atom. The maximum atomic E-state index is 6.02. The van der Waals surface area contributed by atoms with Crippen molar-refractivity contribution in [2.24, 2.45) is 0 Å². The Morgan fingerprint density at radius 2 is 1.76 bits per heavy atom. The van der Waals surface area contributed by atoms with Crippen LogP contribution in [0.25, 0.3) is 0 Å². The minimum Gasteiger partial charge on any atom is -0.492 e. The summed E-state index contributed by atoms with van der Waals surface area (Å²) in [6.45, 7) is 11.7. The zero-order valence-electron chi connectivity index (χ0n) is 18.5. The first-order valence-electron chi connectivity index (χ1n) is 10.8. The van der Waals surface area contributed by atoms with E-state index in [1.54, 1.807) is 0 Å². The number of aryl methyl sites for hydroxylation is 3.